The van der Waals surface area contributed by atoms with Crippen molar-refractivity contribution < 1.29 is 13.2 Å². The van der Waals surface area contributed by atoms with Crippen molar-refractivity contribution in [2.24, 2.45) is 0 Å². The summed E-state index contributed by atoms with van der Waals surface area (Å²) in [5, 5.41) is 3.54. The predicted molar refractivity (Wildman–Crippen MR) is 114 cm³/mol. The normalized spacial score (nSPS) is 18.9. The summed E-state index contributed by atoms with van der Waals surface area (Å²) in [6, 6.07) is 12.6. The fourth-order valence-corrected chi connectivity index (χ4v) is 5.29. The molecule has 29 heavy (non-hydrogen) atoms. The molecule has 1 amide bonds. The number of carbonyl (C=O) groups is 1. The Morgan fingerprint density at radius 2 is 1.79 bits per heavy atom. The molecule has 0 spiro atoms. The lowest BCUT2D eigenvalue weighted by Crippen LogP contribution is -2.39. The highest BCUT2D eigenvalue weighted by atomic mass is 35.5. The zero-order valence-corrected chi connectivity index (χ0v) is 17.7. The third-order valence-electron chi connectivity index (χ3n) is 5.59. The van der Waals surface area contributed by atoms with Gasteiger partial charge in [-0.05, 0) is 79.5 Å². The second-order valence-electron chi connectivity index (χ2n) is 7.91. The van der Waals surface area contributed by atoms with Crippen LogP contribution in [0.25, 0.3) is 0 Å². The Hall–Kier alpha value is -1.89. The van der Waals surface area contributed by atoms with Gasteiger partial charge in [0.2, 0.25) is 15.9 Å². The highest BCUT2D eigenvalue weighted by Gasteiger charge is 2.26. The van der Waals surface area contributed by atoms with Crippen LogP contribution in [0.3, 0.4) is 0 Å². The van der Waals surface area contributed by atoms with Crippen molar-refractivity contribution in [2.75, 3.05) is 0 Å². The lowest BCUT2D eigenvalue weighted by molar-refractivity contribution is -0.121. The number of rotatable bonds is 7. The van der Waals surface area contributed by atoms with E-state index in [1.807, 2.05) is 6.07 Å². The van der Waals surface area contributed by atoms with E-state index in [9.17, 15) is 13.2 Å². The molecule has 2 aromatic carbocycles. The fraction of sp³-hybridized carbons (Fsp3) is 0.409. The van der Waals surface area contributed by atoms with Gasteiger partial charge in [-0.3, -0.25) is 4.79 Å². The SMILES string of the molecule is O=C(CCc1cccc2c1CCC(NS(=O)(=O)c1ccc(Cl)cc1)C2)NC1CC1. The van der Waals surface area contributed by atoms with Crippen LogP contribution in [0.2, 0.25) is 5.02 Å². The summed E-state index contributed by atoms with van der Waals surface area (Å²) in [5.74, 6) is 0.120. The van der Waals surface area contributed by atoms with Gasteiger partial charge in [-0.15, -0.1) is 0 Å². The van der Waals surface area contributed by atoms with Gasteiger partial charge >= 0.3 is 0 Å². The van der Waals surface area contributed by atoms with Crippen molar-refractivity contribution in [3.05, 3.63) is 64.2 Å². The molecule has 2 N–H and O–H groups in total. The van der Waals surface area contributed by atoms with Crippen molar-refractivity contribution in [1.82, 2.24) is 10.0 Å². The van der Waals surface area contributed by atoms with Crippen molar-refractivity contribution >= 4 is 27.5 Å². The van der Waals surface area contributed by atoms with Gasteiger partial charge < -0.3 is 5.32 Å². The van der Waals surface area contributed by atoms with E-state index in [0.29, 0.717) is 23.9 Å². The summed E-state index contributed by atoms with van der Waals surface area (Å²) >= 11 is 5.86. The molecule has 0 saturated heterocycles. The average molecular weight is 433 g/mol. The van der Waals surface area contributed by atoms with E-state index in [1.165, 1.54) is 28.8 Å². The first kappa shape index (κ1) is 20.4. The first-order valence-electron chi connectivity index (χ1n) is 10.1. The van der Waals surface area contributed by atoms with E-state index in [0.717, 1.165) is 32.1 Å². The van der Waals surface area contributed by atoms with Crippen LogP contribution in [-0.4, -0.2) is 26.4 Å². The molecule has 0 radical (unpaired) electrons. The molecular formula is C22H25ClN2O3S. The standard InChI is InChI=1S/C22H25ClN2O3S/c23-17-5-10-20(11-6-17)29(27,28)25-19-9-12-21-15(2-1-3-16(21)14-19)4-13-22(26)24-18-7-8-18/h1-3,5-6,10-11,18-19,25H,4,7-9,12-14H2,(H,24,26). The van der Waals surface area contributed by atoms with E-state index in [4.69, 9.17) is 11.6 Å². The van der Waals surface area contributed by atoms with Crippen LogP contribution in [0.1, 0.15) is 42.4 Å². The van der Waals surface area contributed by atoms with E-state index in [2.05, 4.69) is 22.2 Å². The minimum Gasteiger partial charge on any atom is -0.353 e. The molecule has 2 aliphatic rings. The third-order valence-corrected chi connectivity index (χ3v) is 7.38. The minimum atomic E-state index is -3.58. The number of carbonyl (C=O) groups excluding carboxylic acids is 1. The molecule has 1 saturated carbocycles. The van der Waals surface area contributed by atoms with Crippen LogP contribution < -0.4 is 10.0 Å². The lowest BCUT2D eigenvalue weighted by Gasteiger charge is -2.27. The third kappa shape index (κ3) is 5.18. The van der Waals surface area contributed by atoms with Gasteiger partial charge in [0, 0.05) is 23.5 Å². The number of halogens is 1. The summed E-state index contributed by atoms with van der Waals surface area (Å²) in [5.41, 5.74) is 3.64. The molecule has 2 aromatic rings. The van der Waals surface area contributed by atoms with E-state index in [-0.39, 0.29) is 16.8 Å². The number of amides is 1. The number of hydrogen-bond donors (Lipinski definition) is 2. The largest absolute Gasteiger partial charge is 0.353 e. The van der Waals surface area contributed by atoms with Crippen molar-refractivity contribution in [1.29, 1.82) is 0 Å². The molecule has 1 unspecified atom stereocenters. The molecule has 1 fully saturated rings. The molecule has 0 heterocycles. The van der Waals surface area contributed by atoms with Crippen LogP contribution in [0.15, 0.2) is 47.4 Å². The van der Waals surface area contributed by atoms with Gasteiger partial charge in [0.1, 0.15) is 0 Å². The molecule has 2 aliphatic carbocycles. The van der Waals surface area contributed by atoms with E-state index >= 15 is 0 Å². The number of aryl methyl sites for hydroxylation is 1. The summed E-state index contributed by atoms with van der Waals surface area (Å²) in [6.45, 7) is 0. The van der Waals surface area contributed by atoms with Crippen LogP contribution in [0, 0.1) is 0 Å². The lowest BCUT2D eigenvalue weighted by atomic mass is 9.84. The zero-order valence-electron chi connectivity index (χ0n) is 16.2. The molecule has 0 bridgehead atoms. The number of nitrogens with one attached hydrogen (secondary N) is 2. The highest BCUT2D eigenvalue weighted by molar-refractivity contribution is 7.89. The Kier molecular flexibility index (Phi) is 5.95. The smallest absolute Gasteiger partial charge is 0.240 e. The molecule has 0 aromatic heterocycles. The number of benzene rings is 2. The first-order valence-corrected chi connectivity index (χ1v) is 11.9. The number of fused-ring (bicyclic) bond motifs is 1. The van der Waals surface area contributed by atoms with Crippen LogP contribution in [0.5, 0.6) is 0 Å². The molecular weight excluding hydrogens is 408 g/mol. The van der Waals surface area contributed by atoms with Crippen molar-refractivity contribution in [3.8, 4) is 0 Å². The van der Waals surface area contributed by atoms with Gasteiger partial charge in [-0.25, -0.2) is 13.1 Å². The van der Waals surface area contributed by atoms with Gasteiger partial charge in [-0.2, -0.15) is 0 Å². The first-order chi connectivity index (χ1) is 13.9. The molecule has 5 nitrogen and oxygen atoms in total. The Balaban J connectivity index is 1.40. The summed E-state index contributed by atoms with van der Waals surface area (Å²) < 4.78 is 28.2. The van der Waals surface area contributed by atoms with Crippen LogP contribution in [-0.2, 0) is 34.1 Å². The maximum absolute atomic E-state index is 12.7. The Morgan fingerprint density at radius 3 is 2.52 bits per heavy atom. The summed E-state index contributed by atoms with van der Waals surface area (Å²) in [7, 11) is -3.58. The minimum absolute atomic E-state index is 0.120. The van der Waals surface area contributed by atoms with Gasteiger partial charge in [0.05, 0.1) is 4.90 Å². The van der Waals surface area contributed by atoms with Gasteiger partial charge in [0.25, 0.3) is 0 Å². The number of sulfonamides is 1. The second kappa shape index (κ2) is 8.46. The zero-order chi connectivity index (χ0) is 20.4. The van der Waals surface area contributed by atoms with Gasteiger partial charge in [0.15, 0.2) is 0 Å². The predicted octanol–water partition coefficient (Wildman–Crippen LogP) is 3.39. The van der Waals surface area contributed by atoms with Gasteiger partial charge in [-0.1, -0.05) is 29.8 Å². The van der Waals surface area contributed by atoms with Crippen LogP contribution in [0.4, 0.5) is 0 Å². The summed E-state index contributed by atoms with van der Waals surface area (Å²) in [4.78, 5) is 12.2. The highest BCUT2D eigenvalue weighted by Crippen LogP contribution is 2.27. The molecule has 4 rings (SSSR count). The second-order valence-corrected chi connectivity index (χ2v) is 10.1. The maximum Gasteiger partial charge on any atom is 0.240 e. The summed E-state index contributed by atoms with van der Waals surface area (Å²) in [6.07, 6.45) is 5.63. The molecule has 7 heteroatoms. The average Bonchev–Trinajstić information content (AvgIpc) is 3.50. The van der Waals surface area contributed by atoms with Crippen LogP contribution >= 0.6 is 11.6 Å². The topological polar surface area (TPSA) is 75.3 Å². The molecule has 154 valence electrons. The Morgan fingerprint density at radius 1 is 1.03 bits per heavy atom. The Bertz CT molecular complexity index is 1000. The quantitative estimate of drug-likeness (QED) is 0.704. The maximum atomic E-state index is 12.7. The van der Waals surface area contributed by atoms with E-state index < -0.39 is 10.0 Å². The van der Waals surface area contributed by atoms with E-state index in [1.54, 1.807) is 12.1 Å². The van der Waals surface area contributed by atoms with Crippen molar-refractivity contribution in [2.45, 2.75) is 61.9 Å². The molecule has 0 aliphatic heterocycles. The monoisotopic (exact) mass is 432 g/mol. The van der Waals surface area contributed by atoms with Crippen molar-refractivity contribution in [3.63, 3.8) is 0 Å². The fourth-order valence-electron chi connectivity index (χ4n) is 3.90. The Labute approximate surface area is 176 Å². The molecule has 1 atom stereocenters. The number of hydrogen-bond acceptors (Lipinski definition) is 3.